The van der Waals surface area contributed by atoms with Crippen molar-refractivity contribution in [1.29, 1.82) is 0 Å². The second kappa shape index (κ2) is 6.06. The van der Waals surface area contributed by atoms with E-state index in [2.05, 4.69) is 5.32 Å². The lowest BCUT2D eigenvalue weighted by molar-refractivity contribution is 0.0955. The molecule has 5 nitrogen and oxygen atoms in total. The fourth-order valence-electron chi connectivity index (χ4n) is 1.83. The smallest absolute Gasteiger partial charge is 0.255 e. The van der Waals surface area contributed by atoms with Crippen LogP contribution in [0.3, 0.4) is 0 Å². The molecule has 0 spiro atoms. The van der Waals surface area contributed by atoms with Gasteiger partial charge in [0.05, 0.1) is 12.7 Å². The summed E-state index contributed by atoms with van der Waals surface area (Å²) in [5.41, 5.74) is 0.937. The molecule has 1 amide bonds. The average molecular weight is 272 g/mol. The molecule has 1 aromatic carbocycles. The molecule has 20 heavy (non-hydrogen) atoms. The number of carbonyl (C=O) groups is 1. The highest BCUT2D eigenvalue weighted by Crippen LogP contribution is 2.13. The van der Waals surface area contributed by atoms with E-state index in [0.717, 1.165) is 0 Å². The lowest BCUT2D eigenvalue weighted by Crippen LogP contribution is -2.25. The van der Waals surface area contributed by atoms with Gasteiger partial charge >= 0.3 is 0 Å². The van der Waals surface area contributed by atoms with Gasteiger partial charge < -0.3 is 10.1 Å². The second-order valence-corrected chi connectivity index (χ2v) is 4.18. The maximum atomic E-state index is 11.9. The van der Waals surface area contributed by atoms with Crippen LogP contribution in [-0.2, 0) is 0 Å². The van der Waals surface area contributed by atoms with E-state index in [-0.39, 0.29) is 11.5 Å². The first-order valence-corrected chi connectivity index (χ1v) is 6.31. The van der Waals surface area contributed by atoms with E-state index in [1.165, 1.54) is 22.9 Å². The molecule has 0 unspecified atom stereocenters. The van der Waals surface area contributed by atoms with Crippen LogP contribution in [0.2, 0.25) is 0 Å². The summed E-state index contributed by atoms with van der Waals surface area (Å²) in [6.07, 6.45) is 1.54. The molecule has 1 N–H and O–H groups in total. The summed E-state index contributed by atoms with van der Waals surface area (Å²) >= 11 is 0. The monoisotopic (exact) mass is 272 g/mol. The van der Waals surface area contributed by atoms with Crippen LogP contribution < -0.4 is 15.6 Å². The predicted molar refractivity (Wildman–Crippen MR) is 76.6 cm³/mol. The van der Waals surface area contributed by atoms with Gasteiger partial charge in [0.15, 0.2) is 0 Å². The van der Waals surface area contributed by atoms with Gasteiger partial charge in [0.1, 0.15) is 5.75 Å². The zero-order valence-corrected chi connectivity index (χ0v) is 11.4. The van der Waals surface area contributed by atoms with Crippen molar-refractivity contribution < 1.29 is 9.53 Å². The Labute approximate surface area is 116 Å². The van der Waals surface area contributed by atoms with Gasteiger partial charge in [0, 0.05) is 24.5 Å². The quantitative estimate of drug-likeness (QED) is 0.919. The first kappa shape index (κ1) is 13.9. The van der Waals surface area contributed by atoms with E-state index in [1.807, 2.05) is 6.92 Å². The zero-order chi connectivity index (χ0) is 14.5. The Hall–Kier alpha value is -2.56. The third kappa shape index (κ3) is 2.88. The number of aromatic nitrogens is 1. The van der Waals surface area contributed by atoms with Gasteiger partial charge in [-0.15, -0.1) is 0 Å². The molecule has 0 aliphatic carbocycles. The van der Waals surface area contributed by atoms with Gasteiger partial charge in [0.2, 0.25) is 0 Å². The van der Waals surface area contributed by atoms with Crippen molar-refractivity contribution in [3.63, 3.8) is 0 Å². The van der Waals surface area contributed by atoms with Gasteiger partial charge in [-0.05, 0) is 37.3 Å². The molecule has 0 aliphatic heterocycles. The van der Waals surface area contributed by atoms with E-state index in [0.29, 0.717) is 23.5 Å². The fourth-order valence-corrected chi connectivity index (χ4v) is 1.83. The number of benzene rings is 1. The van der Waals surface area contributed by atoms with Gasteiger partial charge in [-0.1, -0.05) is 0 Å². The highest BCUT2D eigenvalue weighted by Gasteiger charge is 2.07. The molecule has 0 saturated carbocycles. The van der Waals surface area contributed by atoms with E-state index < -0.39 is 0 Å². The van der Waals surface area contributed by atoms with Crippen LogP contribution in [0.5, 0.6) is 5.75 Å². The third-order valence-corrected chi connectivity index (χ3v) is 2.86. The van der Waals surface area contributed by atoms with Crippen molar-refractivity contribution in [2.45, 2.75) is 6.92 Å². The Bertz CT molecular complexity index is 660. The van der Waals surface area contributed by atoms with Crippen molar-refractivity contribution in [2.75, 3.05) is 13.7 Å². The van der Waals surface area contributed by atoms with Crippen LogP contribution in [0, 0.1) is 0 Å². The number of pyridine rings is 1. The summed E-state index contributed by atoms with van der Waals surface area (Å²) in [7, 11) is 1.58. The van der Waals surface area contributed by atoms with E-state index in [1.54, 1.807) is 31.4 Å². The number of hydrogen-bond donors (Lipinski definition) is 1. The lowest BCUT2D eigenvalue weighted by Gasteiger charge is -2.09. The van der Waals surface area contributed by atoms with Crippen LogP contribution in [0.25, 0.3) is 5.69 Å². The molecule has 0 bridgehead atoms. The number of carbonyl (C=O) groups excluding carboxylic acids is 1. The minimum absolute atomic E-state index is 0.191. The van der Waals surface area contributed by atoms with Gasteiger partial charge in [-0.25, -0.2) is 0 Å². The minimum Gasteiger partial charge on any atom is -0.497 e. The second-order valence-electron chi connectivity index (χ2n) is 4.18. The molecule has 5 heteroatoms. The molecule has 1 aromatic heterocycles. The lowest BCUT2D eigenvalue weighted by atomic mass is 10.2. The first-order valence-electron chi connectivity index (χ1n) is 6.31. The molecule has 0 atom stereocenters. The van der Waals surface area contributed by atoms with E-state index in [4.69, 9.17) is 4.74 Å². The van der Waals surface area contributed by atoms with E-state index in [9.17, 15) is 9.59 Å². The normalized spacial score (nSPS) is 10.1. The van der Waals surface area contributed by atoms with Crippen molar-refractivity contribution in [1.82, 2.24) is 9.88 Å². The average Bonchev–Trinajstić information content (AvgIpc) is 2.48. The van der Waals surface area contributed by atoms with Crippen LogP contribution in [0.4, 0.5) is 0 Å². The summed E-state index contributed by atoms with van der Waals surface area (Å²) < 4.78 is 6.51. The maximum Gasteiger partial charge on any atom is 0.255 e. The third-order valence-electron chi connectivity index (χ3n) is 2.86. The first-order chi connectivity index (χ1) is 9.65. The van der Waals surface area contributed by atoms with Crippen molar-refractivity contribution in [3.8, 4) is 11.4 Å². The van der Waals surface area contributed by atoms with Gasteiger partial charge in [0.25, 0.3) is 11.5 Å². The largest absolute Gasteiger partial charge is 0.497 e. The fraction of sp³-hybridized carbons (Fsp3) is 0.200. The summed E-state index contributed by atoms with van der Waals surface area (Å²) in [6, 6.07) is 9.97. The van der Waals surface area contributed by atoms with Crippen molar-refractivity contribution in [2.24, 2.45) is 0 Å². The molecule has 0 radical (unpaired) electrons. The number of hydrogen-bond acceptors (Lipinski definition) is 3. The Morgan fingerprint density at radius 2 is 1.90 bits per heavy atom. The van der Waals surface area contributed by atoms with Crippen LogP contribution >= 0.6 is 0 Å². The zero-order valence-electron chi connectivity index (χ0n) is 11.4. The van der Waals surface area contributed by atoms with E-state index >= 15 is 0 Å². The molecule has 0 aliphatic rings. The van der Waals surface area contributed by atoms with Gasteiger partial charge in [-0.2, -0.15) is 0 Å². The predicted octanol–water partition coefficient (Wildman–Crippen LogP) is 1.60. The summed E-state index contributed by atoms with van der Waals surface area (Å²) in [4.78, 5) is 23.7. The highest BCUT2D eigenvalue weighted by atomic mass is 16.5. The Kier molecular flexibility index (Phi) is 4.20. The molecule has 0 fully saturated rings. The Balaban J connectivity index is 2.41. The minimum atomic E-state index is -0.199. The number of methoxy groups -OCH3 is 1. The van der Waals surface area contributed by atoms with Crippen molar-refractivity contribution >= 4 is 5.91 Å². The van der Waals surface area contributed by atoms with Crippen LogP contribution in [-0.4, -0.2) is 24.1 Å². The molecule has 1 heterocycles. The van der Waals surface area contributed by atoms with Gasteiger partial charge in [-0.3, -0.25) is 14.2 Å². The number of amides is 1. The SMILES string of the molecule is CCNC(=O)c1ccc(=O)n(-c2ccc(OC)cc2)c1. The number of nitrogens with zero attached hydrogens (tertiary/aromatic N) is 1. The summed E-state index contributed by atoms with van der Waals surface area (Å²) in [5, 5.41) is 2.70. The van der Waals surface area contributed by atoms with Crippen LogP contribution in [0.1, 0.15) is 17.3 Å². The number of nitrogens with one attached hydrogen (secondary N) is 1. The molecule has 0 saturated heterocycles. The summed E-state index contributed by atoms with van der Waals surface area (Å²) in [5.74, 6) is 0.511. The van der Waals surface area contributed by atoms with Crippen molar-refractivity contribution in [3.05, 3.63) is 58.5 Å². The number of ether oxygens (including phenoxy) is 1. The summed E-state index contributed by atoms with van der Waals surface area (Å²) in [6.45, 7) is 2.39. The Morgan fingerprint density at radius 1 is 1.20 bits per heavy atom. The topological polar surface area (TPSA) is 60.3 Å². The maximum absolute atomic E-state index is 11.9. The Morgan fingerprint density at radius 3 is 2.50 bits per heavy atom. The molecule has 2 rings (SSSR count). The standard InChI is InChI=1S/C15H16N2O3/c1-3-16-15(19)11-4-9-14(18)17(10-11)12-5-7-13(20-2)8-6-12/h4-10H,3H2,1-2H3,(H,16,19). The molecule has 2 aromatic rings. The molecular formula is C15H16N2O3. The molecular weight excluding hydrogens is 256 g/mol. The van der Waals surface area contributed by atoms with Crippen LogP contribution in [0.15, 0.2) is 47.4 Å². The number of rotatable bonds is 4. The highest BCUT2D eigenvalue weighted by molar-refractivity contribution is 5.93. The molecule has 104 valence electrons.